The summed E-state index contributed by atoms with van der Waals surface area (Å²) in [5.74, 6) is -0.840. The van der Waals surface area contributed by atoms with Crippen LogP contribution in [0.2, 0.25) is 0 Å². The highest BCUT2D eigenvalue weighted by molar-refractivity contribution is 9.10. The fourth-order valence-electron chi connectivity index (χ4n) is 4.47. The number of rotatable bonds is 11. The Kier molecular flexibility index (Phi) is 9.96. The molecular formula is C32H32BrN3O4S. The summed E-state index contributed by atoms with van der Waals surface area (Å²) in [7, 11) is -2.58. The summed E-state index contributed by atoms with van der Waals surface area (Å²) < 4.78 is 29.6. The number of carbonyl (C=O) groups excluding carboxylic acids is 2. The SMILES string of the molecule is CNC(=O)[C@H](Cc1ccccc1)N(Cc1ccc(C)cc1)C(=O)CN(c1ccc(Br)cc1)S(=O)(=O)c1ccccc1. The Morgan fingerprint density at radius 1 is 0.805 bits per heavy atom. The van der Waals surface area contributed by atoms with Crippen LogP contribution in [0.1, 0.15) is 16.7 Å². The molecule has 0 heterocycles. The molecule has 9 heteroatoms. The number of amides is 2. The van der Waals surface area contributed by atoms with Gasteiger partial charge in [0.15, 0.2) is 0 Å². The quantitative estimate of drug-likeness (QED) is 0.242. The maximum absolute atomic E-state index is 14.2. The molecule has 1 N–H and O–H groups in total. The number of hydrogen-bond acceptors (Lipinski definition) is 4. The van der Waals surface area contributed by atoms with Crippen molar-refractivity contribution in [3.8, 4) is 0 Å². The maximum Gasteiger partial charge on any atom is 0.264 e. The molecule has 0 unspecified atom stereocenters. The number of halogens is 1. The van der Waals surface area contributed by atoms with Crippen molar-refractivity contribution in [2.75, 3.05) is 17.9 Å². The van der Waals surface area contributed by atoms with Crippen LogP contribution in [0.25, 0.3) is 0 Å². The van der Waals surface area contributed by atoms with Gasteiger partial charge in [-0.2, -0.15) is 0 Å². The molecule has 0 aliphatic rings. The first kappa shape index (κ1) is 30.0. The van der Waals surface area contributed by atoms with Crippen LogP contribution in [0.3, 0.4) is 0 Å². The van der Waals surface area contributed by atoms with Crippen LogP contribution in [0.15, 0.2) is 119 Å². The summed E-state index contributed by atoms with van der Waals surface area (Å²) in [4.78, 5) is 29.0. The minimum Gasteiger partial charge on any atom is -0.357 e. The van der Waals surface area contributed by atoms with E-state index in [4.69, 9.17) is 0 Å². The van der Waals surface area contributed by atoms with Crippen LogP contribution in [-0.2, 0) is 32.6 Å². The van der Waals surface area contributed by atoms with E-state index in [9.17, 15) is 18.0 Å². The highest BCUT2D eigenvalue weighted by atomic mass is 79.9. The number of nitrogens with one attached hydrogen (secondary N) is 1. The molecule has 2 amide bonds. The second kappa shape index (κ2) is 13.6. The van der Waals surface area contributed by atoms with Gasteiger partial charge >= 0.3 is 0 Å². The van der Waals surface area contributed by atoms with E-state index in [2.05, 4.69) is 21.2 Å². The monoisotopic (exact) mass is 633 g/mol. The Balaban J connectivity index is 1.77. The summed E-state index contributed by atoms with van der Waals surface area (Å²) in [6.07, 6.45) is 0.266. The first-order valence-electron chi connectivity index (χ1n) is 13.1. The molecule has 212 valence electrons. The van der Waals surface area contributed by atoms with E-state index < -0.39 is 28.5 Å². The Morgan fingerprint density at radius 2 is 1.39 bits per heavy atom. The van der Waals surface area contributed by atoms with Crippen LogP contribution in [0.4, 0.5) is 5.69 Å². The predicted octanol–water partition coefficient (Wildman–Crippen LogP) is 5.34. The summed E-state index contributed by atoms with van der Waals surface area (Å²) in [5, 5.41) is 2.69. The first-order chi connectivity index (χ1) is 19.7. The average Bonchev–Trinajstić information content (AvgIpc) is 2.99. The highest BCUT2D eigenvalue weighted by Crippen LogP contribution is 2.26. The first-order valence-corrected chi connectivity index (χ1v) is 15.4. The topological polar surface area (TPSA) is 86.8 Å². The zero-order chi connectivity index (χ0) is 29.4. The fraction of sp³-hybridized carbons (Fsp3) is 0.188. The van der Waals surface area contributed by atoms with Crippen molar-refractivity contribution in [1.82, 2.24) is 10.2 Å². The molecule has 0 saturated heterocycles. The Morgan fingerprint density at radius 3 is 1.98 bits per heavy atom. The summed E-state index contributed by atoms with van der Waals surface area (Å²) >= 11 is 3.39. The largest absolute Gasteiger partial charge is 0.357 e. The van der Waals surface area contributed by atoms with Crippen molar-refractivity contribution in [3.05, 3.63) is 130 Å². The van der Waals surface area contributed by atoms with Crippen molar-refractivity contribution in [2.45, 2.75) is 30.8 Å². The molecule has 41 heavy (non-hydrogen) atoms. The fourth-order valence-corrected chi connectivity index (χ4v) is 6.17. The van der Waals surface area contributed by atoms with Gasteiger partial charge in [-0.1, -0.05) is 94.3 Å². The number of sulfonamides is 1. The molecule has 0 aliphatic heterocycles. The number of aryl methyl sites for hydroxylation is 1. The molecule has 1 atom stereocenters. The van der Waals surface area contributed by atoms with Gasteiger partial charge in [0.05, 0.1) is 10.6 Å². The van der Waals surface area contributed by atoms with Gasteiger partial charge in [-0.05, 0) is 54.4 Å². The van der Waals surface area contributed by atoms with Crippen molar-refractivity contribution in [2.24, 2.45) is 0 Å². The third-order valence-corrected chi connectivity index (χ3v) is 9.03. The Bertz CT molecular complexity index is 1560. The van der Waals surface area contributed by atoms with Crippen molar-refractivity contribution >= 4 is 43.5 Å². The van der Waals surface area contributed by atoms with E-state index >= 15 is 0 Å². The number of benzene rings is 4. The lowest BCUT2D eigenvalue weighted by Crippen LogP contribution is -2.53. The minimum atomic E-state index is -4.11. The number of likely N-dealkylation sites (N-methyl/N-ethyl adjacent to an activating group) is 1. The summed E-state index contributed by atoms with van der Waals surface area (Å²) in [6.45, 7) is 1.61. The third kappa shape index (κ3) is 7.62. The lowest BCUT2D eigenvalue weighted by Gasteiger charge is -2.33. The second-order valence-corrected chi connectivity index (χ2v) is 12.4. The van der Waals surface area contributed by atoms with E-state index in [1.165, 1.54) is 24.1 Å². The van der Waals surface area contributed by atoms with E-state index in [-0.39, 0.29) is 23.8 Å². The lowest BCUT2D eigenvalue weighted by molar-refractivity contribution is -0.139. The van der Waals surface area contributed by atoms with Crippen molar-refractivity contribution in [3.63, 3.8) is 0 Å². The Hall–Kier alpha value is -3.95. The zero-order valence-electron chi connectivity index (χ0n) is 22.9. The minimum absolute atomic E-state index is 0.0629. The van der Waals surface area contributed by atoms with Crippen LogP contribution in [0.5, 0.6) is 0 Å². The maximum atomic E-state index is 14.2. The molecule has 4 aromatic carbocycles. The number of hydrogen-bond donors (Lipinski definition) is 1. The van der Waals surface area contributed by atoms with Gasteiger partial charge in [0.2, 0.25) is 11.8 Å². The molecule has 0 aliphatic carbocycles. The van der Waals surface area contributed by atoms with Gasteiger partial charge in [-0.25, -0.2) is 8.42 Å². The van der Waals surface area contributed by atoms with Gasteiger partial charge in [-0.3, -0.25) is 13.9 Å². The molecule has 0 fully saturated rings. The molecule has 0 bridgehead atoms. The standard InChI is InChI=1S/C32H32BrN3O4S/c1-24-13-15-26(16-14-24)22-35(30(32(38)34-2)21-25-9-5-3-6-10-25)31(37)23-36(28-19-17-27(33)18-20-28)41(39,40)29-11-7-4-8-12-29/h3-20,30H,21-23H2,1-2H3,(H,34,38)/t30-/m0/s1. The second-order valence-electron chi connectivity index (χ2n) is 9.63. The number of anilines is 1. The Labute approximate surface area is 250 Å². The molecule has 7 nitrogen and oxygen atoms in total. The molecule has 0 radical (unpaired) electrons. The molecule has 4 rings (SSSR count). The van der Waals surface area contributed by atoms with Crippen LogP contribution in [-0.4, -0.2) is 44.8 Å². The van der Waals surface area contributed by atoms with Crippen molar-refractivity contribution in [1.29, 1.82) is 0 Å². The number of carbonyl (C=O) groups is 2. The predicted molar refractivity (Wildman–Crippen MR) is 165 cm³/mol. The molecule has 4 aromatic rings. The van der Waals surface area contributed by atoms with Gasteiger partial charge in [0.25, 0.3) is 10.0 Å². The highest BCUT2D eigenvalue weighted by Gasteiger charge is 2.34. The normalized spacial score (nSPS) is 11.9. The lowest BCUT2D eigenvalue weighted by atomic mass is 10.0. The van der Waals surface area contributed by atoms with Crippen LogP contribution >= 0.6 is 15.9 Å². The zero-order valence-corrected chi connectivity index (χ0v) is 25.3. The molecular weight excluding hydrogens is 602 g/mol. The van der Waals surface area contributed by atoms with Gasteiger partial charge in [-0.15, -0.1) is 0 Å². The smallest absolute Gasteiger partial charge is 0.264 e. The third-order valence-electron chi connectivity index (χ3n) is 6.72. The van der Waals surface area contributed by atoms with E-state index in [0.717, 1.165) is 25.5 Å². The summed E-state index contributed by atoms with van der Waals surface area (Å²) in [6, 6.07) is 31.0. The molecule has 0 aromatic heterocycles. The van der Waals surface area contributed by atoms with E-state index in [1.807, 2.05) is 61.5 Å². The van der Waals surface area contributed by atoms with Gasteiger partial charge in [0, 0.05) is 24.5 Å². The van der Waals surface area contributed by atoms with Gasteiger partial charge < -0.3 is 10.2 Å². The number of nitrogens with zero attached hydrogens (tertiary/aromatic N) is 2. The average molecular weight is 635 g/mol. The van der Waals surface area contributed by atoms with Crippen LogP contribution < -0.4 is 9.62 Å². The van der Waals surface area contributed by atoms with Gasteiger partial charge in [0.1, 0.15) is 12.6 Å². The summed E-state index contributed by atoms with van der Waals surface area (Å²) in [5.41, 5.74) is 3.10. The van der Waals surface area contributed by atoms with E-state index in [1.54, 1.807) is 42.5 Å². The van der Waals surface area contributed by atoms with E-state index in [0.29, 0.717) is 5.69 Å². The molecule has 0 spiro atoms. The van der Waals surface area contributed by atoms with Crippen LogP contribution in [0, 0.1) is 6.92 Å². The van der Waals surface area contributed by atoms with Crippen molar-refractivity contribution < 1.29 is 18.0 Å². The molecule has 0 saturated carbocycles.